The standard InChI is InChI=1S/C21H25IN3O2P/c1-16-15-17(4-10-21(26)23-27-28-22)3-9-20(16)18-5-7-19(8-6-18)25-13-11-24(2)12-14-25/h3-10,15,28H,11-14H2,1-2H3,(H,23,26)/b10-4+. The number of aryl methyl sites for hydroxylation is 1. The van der Waals surface area contributed by atoms with Gasteiger partial charge >= 0.3 is 0 Å². The SMILES string of the molecule is Cc1cc(/C=C/C(=O)NOPI)ccc1-c1ccc(N2CCN(C)CC2)cc1. The summed E-state index contributed by atoms with van der Waals surface area (Å²) in [6.45, 7) is 6.67. The van der Waals surface area contributed by atoms with Gasteiger partial charge < -0.3 is 9.80 Å². The molecule has 1 N–H and O–H groups in total. The lowest BCUT2D eigenvalue weighted by Crippen LogP contribution is -2.44. The number of likely N-dealkylation sites (N-methyl/N-ethyl adjacent to an activating group) is 1. The minimum atomic E-state index is -0.259. The third-order valence-corrected chi connectivity index (χ3v) is 5.75. The minimum absolute atomic E-state index is 0.200. The highest BCUT2D eigenvalue weighted by molar-refractivity contribution is 14.2. The van der Waals surface area contributed by atoms with Gasteiger partial charge in [-0.05, 0) is 76.5 Å². The molecule has 1 amide bonds. The van der Waals surface area contributed by atoms with Gasteiger partial charge in [-0.25, -0.2) is 10.1 Å². The summed E-state index contributed by atoms with van der Waals surface area (Å²) in [5, 5.41) is 0. The van der Waals surface area contributed by atoms with E-state index in [-0.39, 0.29) is 12.4 Å². The van der Waals surface area contributed by atoms with E-state index in [0.29, 0.717) is 0 Å². The molecule has 0 bridgehead atoms. The predicted octanol–water partition coefficient (Wildman–Crippen LogP) is 4.42. The maximum atomic E-state index is 11.6. The molecule has 2 aromatic carbocycles. The van der Waals surface area contributed by atoms with E-state index in [1.807, 2.05) is 6.07 Å². The molecule has 2 aromatic rings. The second kappa shape index (κ2) is 10.3. The lowest BCUT2D eigenvalue weighted by molar-refractivity contribution is -0.122. The average Bonchev–Trinajstić information content (AvgIpc) is 2.71. The molecule has 1 saturated heterocycles. The monoisotopic (exact) mass is 509 g/mol. The molecule has 1 atom stereocenters. The summed E-state index contributed by atoms with van der Waals surface area (Å²) < 4.78 is 4.90. The van der Waals surface area contributed by atoms with Crippen LogP contribution in [0.1, 0.15) is 11.1 Å². The third kappa shape index (κ3) is 5.77. The Balaban J connectivity index is 1.68. The molecule has 0 radical (unpaired) electrons. The molecule has 1 aliphatic heterocycles. The number of carbonyl (C=O) groups excluding carboxylic acids is 1. The Morgan fingerprint density at radius 3 is 2.50 bits per heavy atom. The second-order valence-corrected chi connectivity index (χ2v) is 8.57. The van der Waals surface area contributed by atoms with Gasteiger partial charge in [0.25, 0.3) is 5.91 Å². The average molecular weight is 509 g/mol. The molecule has 28 heavy (non-hydrogen) atoms. The van der Waals surface area contributed by atoms with Gasteiger partial charge in [-0.1, -0.05) is 30.3 Å². The molecule has 5 nitrogen and oxygen atoms in total. The molecule has 3 rings (SSSR count). The lowest BCUT2D eigenvalue weighted by Gasteiger charge is -2.34. The van der Waals surface area contributed by atoms with Crippen molar-refractivity contribution in [2.45, 2.75) is 6.92 Å². The van der Waals surface area contributed by atoms with Crippen LogP contribution in [-0.2, 0) is 9.42 Å². The first-order valence-corrected chi connectivity index (χ1v) is 13.2. The number of amides is 1. The third-order valence-electron chi connectivity index (χ3n) is 4.91. The van der Waals surface area contributed by atoms with E-state index >= 15 is 0 Å². The van der Waals surface area contributed by atoms with E-state index in [9.17, 15) is 4.79 Å². The van der Waals surface area contributed by atoms with Crippen LogP contribution >= 0.6 is 28.5 Å². The quantitative estimate of drug-likeness (QED) is 0.271. The number of halogens is 1. The van der Waals surface area contributed by atoms with Crippen molar-refractivity contribution < 1.29 is 9.42 Å². The molecule has 148 valence electrons. The second-order valence-electron chi connectivity index (χ2n) is 6.89. The molecule has 1 aliphatic rings. The van der Waals surface area contributed by atoms with E-state index < -0.39 is 0 Å². The van der Waals surface area contributed by atoms with Crippen LogP contribution in [-0.4, -0.2) is 44.0 Å². The van der Waals surface area contributed by atoms with Crippen molar-refractivity contribution in [1.29, 1.82) is 0 Å². The fourth-order valence-electron chi connectivity index (χ4n) is 3.31. The highest BCUT2D eigenvalue weighted by Gasteiger charge is 2.14. The van der Waals surface area contributed by atoms with Crippen molar-refractivity contribution in [2.75, 3.05) is 38.1 Å². The summed E-state index contributed by atoms with van der Waals surface area (Å²) in [5.74, 6) is -0.259. The molecule has 0 aromatic heterocycles. The number of anilines is 1. The first-order valence-electron chi connectivity index (χ1n) is 9.21. The molecule has 1 unspecified atom stereocenters. The van der Waals surface area contributed by atoms with Crippen molar-refractivity contribution in [3.63, 3.8) is 0 Å². The van der Waals surface area contributed by atoms with Gasteiger partial charge in [0.1, 0.15) is 6.45 Å². The molecule has 1 fully saturated rings. The summed E-state index contributed by atoms with van der Waals surface area (Å²) in [4.78, 5) is 16.4. The van der Waals surface area contributed by atoms with Crippen LogP contribution in [0, 0.1) is 6.92 Å². The van der Waals surface area contributed by atoms with Gasteiger partial charge in [0.2, 0.25) is 0 Å². The number of nitrogens with one attached hydrogen (secondary N) is 1. The molecule has 0 spiro atoms. The van der Waals surface area contributed by atoms with Gasteiger partial charge in [-0.15, -0.1) is 0 Å². The van der Waals surface area contributed by atoms with Crippen LogP contribution in [0.15, 0.2) is 48.5 Å². The smallest absolute Gasteiger partial charge is 0.267 e. The zero-order chi connectivity index (χ0) is 19.9. The molecule has 0 aliphatic carbocycles. The van der Waals surface area contributed by atoms with E-state index in [0.717, 1.165) is 31.7 Å². The maximum absolute atomic E-state index is 11.6. The zero-order valence-corrected chi connectivity index (χ0v) is 19.3. The van der Waals surface area contributed by atoms with Crippen molar-refractivity contribution in [3.05, 3.63) is 59.7 Å². The molecule has 1 heterocycles. The van der Waals surface area contributed by atoms with Gasteiger partial charge in [0.05, 0.1) is 0 Å². The van der Waals surface area contributed by atoms with E-state index in [1.165, 1.54) is 28.5 Å². The van der Waals surface area contributed by atoms with Crippen molar-refractivity contribution in [3.8, 4) is 11.1 Å². The number of nitrogens with zero attached hydrogens (tertiary/aromatic N) is 2. The summed E-state index contributed by atoms with van der Waals surface area (Å²) in [6, 6.07) is 15.1. The van der Waals surface area contributed by atoms with E-state index in [2.05, 4.69) is 87.7 Å². The fourth-order valence-corrected chi connectivity index (χ4v) is 3.78. The maximum Gasteiger partial charge on any atom is 0.267 e. The van der Waals surface area contributed by atoms with Gasteiger partial charge in [-0.2, -0.15) is 0 Å². The topological polar surface area (TPSA) is 44.8 Å². The summed E-state index contributed by atoms with van der Waals surface area (Å²) >= 11 is 2.05. The first-order chi connectivity index (χ1) is 13.6. The predicted molar refractivity (Wildman–Crippen MR) is 127 cm³/mol. The number of hydrogen-bond donors (Lipinski definition) is 1. The Labute approximate surface area is 181 Å². The van der Waals surface area contributed by atoms with E-state index in [4.69, 9.17) is 4.62 Å². The molecule has 7 heteroatoms. The minimum Gasteiger partial charge on any atom is -0.369 e. The van der Waals surface area contributed by atoms with Crippen LogP contribution in [0.4, 0.5) is 5.69 Å². The Morgan fingerprint density at radius 1 is 1.14 bits per heavy atom. The Bertz CT molecular complexity index is 834. The fraction of sp³-hybridized carbons (Fsp3) is 0.286. The Hall–Kier alpha value is -1.47. The van der Waals surface area contributed by atoms with E-state index in [1.54, 1.807) is 6.08 Å². The van der Waals surface area contributed by atoms with Crippen molar-refractivity contribution in [1.82, 2.24) is 10.4 Å². The highest BCUT2D eigenvalue weighted by atomic mass is 127. The van der Waals surface area contributed by atoms with Crippen LogP contribution in [0.5, 0.6) is 0 Å². The van der Waals surface area contributed by atoms with Crippen LogP contribution in [0.3, 0.4) is 0 Å². The van der Waals surface area contributed by atoms with Crippen LogP contribution in [0.2, 0.25) is 0 Å². The Kier molecular flexibility index (Phi) is 7.85. The zero-order valence-electron chi connectivity index (χ0n) is 16.1. The van der Waals surface area contributed by atoms with Crippen molar-refractivity contribution in [2.24, 2.45) is 0 Å². The van der Waals surface area contributed by atoms with Crippen molar-refractivity contribution >= 4 is 46.2 Å². The number of hydrogen-bond acceptors (Lipinski definition) is 4. The number of piperazine rings is 1. The van der Waals surface area contributed by atoms with Crippen LogP contribution < -0.4 is 10.4 Å². The van der Waals surface area contributed by atoms with Crippen LogP contribution in [0.25, 0.3) is 17.2 Å². The first kappa shape index (κ1) is 21.2. The van der Waals surface area contributed by atoms with Gasteiger partial charge in [-0.3, -0.25) is 4.79 Å². The molecular formula is C21H25IN3O2P. The Morgan fingerprint density at radius 2 is 1.86 bits per heavy atom. The normalized spacial score (nSPS) is 15.6. The largest absolute Gasteiger partial charge is 0.369 e. The lowest BCUT2D eigenvalue weighted by atomic mass is 9.98. The molecular weight excluding hydrogens is 484 g/mol. The number of benzene rings is 2. The van der Waals surface area contributed by atoms with Gasteiger partial charge in [0, 0.05) is 37.9 Å². The summed E-state index contributed by atoms with van der Waals surface area (Å²) in [7, 11) is 2.17. The summed E-state index contributed by atoms with van der Waals surface area (Å²) in [5.41, 5.74) is 8.23. The summed E-state index contributed by atoms with van der Waals surface area (Å²) in [6.07, 6.45) is 3.28. The van der Waals surface area contributed by atoms with Gasteiger partial charge in [0.15, 0.2) is 0 Å². The molecule has 0 saturated carbocycles. The number of rotatable bonds is 6. The highest BCUT2D eigenvalue weighted by Crippen LogP contribution is 2.27. The number of hydroxylamine groups is 1. The number of carbonyl (C=O) groups is 1.